The molecule has 106 valence electrons. The molecule has 0 saturated carbocycles. The topological polar surface area (TPSA) is 96.0 Å². The number of aldehydes is 1. The van der Waals surface area contributed by atoms with Gasteiger partial charge in [-0.15, -0.1) is 0 Å². The molecule has 0 saturated heterocycles. The van der Waals surface area contributed by atoms with E-state index < -0.39 is 17.9 Å². The van der Waals surface area contributed by atoms with Crippen molar-refractivity contribution < 1.29 is 33.4 Å². The van der Waals surface area contributed by atoms with E-state index in [1.807, 2.05) is 0 Å². The number of rotatable bonds is 4. The first-order chi connectivity index (χ1) is 9.33. The third-order valence-electron chi connectivity index (χ3n) is 1.96. The number of carbonyl (C=O) groups is 4. The van der Waals surface area contributed by atoms with Crippen molar-refractivity contribution >= 4 is 24.2 Å². The van der Waals surface area contributed by atoms with Crippen LogP contribution in [0.15, 0.2) is 12.1 Å². The lowest BCUT2D eigenvalue weighted by atomic mass is 10.2. The van der Waals surface area contributed by atoms with E-state index in [0.29, 0.717) is 6.29 Å². The highest BCUT2D eigenvalue weighted by Gasteiger charge is 2.17. The summed E-state index contributed by atoms with van der Waals surface area (Å²) in [6.07, 6.45) is 0.369. The van der Waals surface area contributed by atoms with E-state index in [-0.39, 0.29) is 22.8 Å². The van der Waals surface area contributed by atoms with Gasteiger partial charge in [0.15, 0.2) is 6.29 Å². The fraction of sp³-hybridized carbons (Fsp3) is 0.231. The number of ether oxygens (including phenoxy) is 3. The minimum atomic E-state index is -0.679. The van der Waals surface area contributed by atoms with Crippen LogP contribution in [-0.4, -0.2) is 24.2 Å². The van der Waals surface area contributed by atoms with E-state index in [1.54, 1.807) is 0 Å². The van der Waals surface area contributed by atoms with Crippen LogP contribution in [0, 0.1) is 0 Å². The van der Waals surface area contributed by atoms with E-state index in [2.05, 4.69) is 0 Å². The fourth-order valence-electron chi connectivity index (χ4n) is 1.40. The van der Waals surface area contributed by atoms with Crippen molar-refractivity contribution in [1.82, 2.24) is 0 Å². The molecule has 0 fully saturated rings. The first kappa shape index (κ1) is 15.4. The zero-order valence-electron chi connectivity index (χ0n) is 11.1. The standard InChI is InChI=1S/C13H12O7/c1-7(15)18-10-4-12(19-8(2)16)11(6-14)13(5-10)20-9(3)17/h4-6H,1-3H3. The zero-order valence-corrected chi connectivity index (χ0v) is 11.1. The highest BCUT2D eigenvalue weighted by molar-refractivity contribution is 5.88. The molecule has 20 heavy (non-hydrogen) atoms. The normalized spacial score (nSPS) is 9.55. The van der Waals surface area contributed by atoms with Gasteiger partial charge >= 0.3 is 17.9 Å². The minimum absolute atomic E-state index is 0.0180. The Bertz CT molecular complexity index is 537. The summed E-state index contributed by atoms with van der Waals surface area (Å²) in [7, 11) is 0. The number of hydrogen-bond acceptors (Lipinski definition) is 7. The van der Waals surface area contributed by atoms with Gasteiger partial charge in [-0.2, -0.15) is 0 Å². The lowest BCUT2D eigenvalue weighted by Gasteiger charge is -2.12. The van der Waals surface area contributed by atoms with Crippen LogP contribution in [0.5, 0.6) is 17.2 Å². The molecule has 0 heterocycles. The molecule has 0 radical (unpaired) electrons. The predicted octanol–water partition coefficient (Wildman–Crippen LogP) is 1.27. The molecule has 1 rings (SSSR count). The van der Waals surface area contributed by atoms with Crippen molar-refractivity contribution in [3.05, 3.63) is 17.7 Å². The van der Waals surface area contributed by atoms with E-state index >= 15 is 0 Å². The second-order valence-electron chi connectivity index (χ2n) is 3.73. The summed E-state index contributed by atoms with van der Waals surface area (Å²) in [5.74, 6) is -2.32. The van der Waals surface area contributed by atoms with Crippen molar-refractivity contribution in [1.29, 1.82) is 0 Å². The molecule has 1 aromatic rings. The van der Waals surface area contributed by atoms with Gasteiger partial charge < -0.3 is 14.2 Å². The summed E-state index contributed by atoms with van der Waals surface area (Å²) in [6.45, 7) is 3.45. The van der Waals surface area contributed by atoms with E-state index in [1.165, 1.54) is 19.1 Å². The fourth-order valence-corrected chi connectivity index (χ4v) is 1.40. The maximum absolute atomic E-state index is 11.1. The van der Waals surface area contributed by atoms with Crippen molar-refractivity contribution in [3.63, 3.8) is 0 Å². The zero-order chi connectivity index (χ0) is 15.3. The van der Waals surface area contributed by atoms with Crippen LogP contribution in [0.3, 0.4) is 0 Å². The molecular formula is C13H12O7. The molecule has 0 bridgehead atoms. The molecule has 0 atom stereocenters. The maximum atomic E-state index is 11.1. The van der Waals surface area contributed by atoms with Crippen LogP contribution in [0.25, 0.3) is 0 Å². The van der Waals surface area contributed by atoms with Crippen LogP contribution in [0.4, 0.5) is 0 Å². The molecule has 7 heteroatoms. The average molecular weight is 280 g/mol. The Morgan fingerprint density at radius 3 is 1.55 bits per heavy atom. The first-order valence-electron chi connectivity index (χ1n) is 5.52. The molecule has 7 nitrogen and oxygen atoms in total. The number of esters is 3. The second kappa shape index (κ2) is 6.46. The number of carbonyl (C=O) groups excluding carboxylic acids is 4. The molecule has 1 aromatic carbocycles. The molecule has 0 aliphatic rings. The summed E-state index contributed by atoms with van der Waals surface area (Å²) in [5, 5.41) is 0. The molecule has 0 amide bonds. The Morgan fingerprint density at radius 2 is 1.25 bits per heavy atom. The van der Waals surface area contributed by atoms with Crippen molar-refractivity contribution in [2.45, 2.75) is 20.8 Å². The predicted molar refractivity (Wildman–Crippen MR) is 65.8 cm³/mol. The minimum Gasteiger partial charge on any atom is -0.426 e. The molecular weight excluding hydrogens is 268 g/mol. The smallest absolute Gasteiger partial charge is 0.308 e. The van der Waals surface area contributed by atoms with Gasteiger partial charge in [0.2, 0.25) is 0 Å². The van der Waals surface area contributed by atoms with E-state index in [4.69, 9.17) is 14.2 Å². The summed E-state index contributed by atoms with van der Waals surface area (Å²) < 4.78 is 14.5. The Hall–Kier alpha value is -2.70. The summed E-state index contributed by atoms with van der Waals surface area (Å²) in [5.41, 5.74) is -0.133. The van der Waals surface area contributed by atoms with Gasteiger partial charge in [-0.25, -0.2) is 0 Å². The van der Waals surface area contributed by atoms with E-state index in [0.717, 1.165) is 13.8 Å². The lowest BCUT2D eigenvalue weighted by Crippen LogP contribution is -2.09. The molecule has 0 aliphatic carbocycles. The SMILES string of the molecule is CC(=O)Oc1cc(OC(C)=O)c(C=O)c(OC(C)=O)c1. The summed E-state index contributed by atoms with van der Waals surface area (Å²) in [6, 6.07) is 2.36. The lowest BCUT2D eigenvalue weighted by molar-refractivity contribution is -0.132. The summed E-state index contributed by atoms with van der Waals surface area (Å²) in [4.78, 5) is 44.0. The molecule has 0 N–H and O–H groups in total. The quantitative estimate of drug-likeness (QED) is 0.465. The van der Waals surface area contributed by atoms with Crippen molar-refractivity contribution in [2.24, 2.45) is 0 Å². The Kier molecular flexibility index (Phi) is 4.96. The van der Waals surface area contributed by atoms with Gasteiger partial charge in [-0.1, -0.05) is 0 Å². The summed E-state index contributed by atoms with van der Waals surface area (Å²) >= 11 is 0. The van der Waals surface area contributed by atoms with E-state index in [9.17, 15) is 19.2 Å². The molecule has 0 aliphatic heterocycles. The van der Waals surface area contributed by atoms with Gasteiger partial charge in [0.05, 0.1) is 0 Å². The molecule has 0 unspecified atom stereocenters. The number of hydrogen-bond donors (Lipinski definition) is 0. The van der Waals surface area contributed by atoms with Crippen molar-refractivity contribution in [3.8, 4) is 17.2 Å². The number of benzene rings is 1. The molecule has 0 aromatic heterocycles. The largest absolute Gasteiger partial charge is 0.426 e. The van der Waals surface area contributed by atoms with Gasteiger partial charge in [0, 0.05) is 32.9 Å². The van der Waals surface area contributed by atoms with Crippen LogP contribution in [-0.2, 0) is 14.4 Å². The highest BCUT2D eigenvalue weighted by Crippen LogP contribution is 2.33. The first-order valence-corrected chi connectivity index (χ1v) is 5.52. The van der Waals surface area contributed by atoms with Crippen LogP contribution in [0.2, 0.25) is 0 Å². The van der Waals surface area contributed by atoms with Crippen LogP contribution >= 0.6 is 0 Å². The highest BCUT2D eigenvalue weighted by atomic mass is 16.6. The maximum Gasteiger partial charge on any atom is 0.308 e. The third-order valence-corrected chi connectivity index (χ3v) is 1.96. The Morgan fingerprint density at radius 1 is 0.850 bits per heavy atom. The average Bonchev–Trinajstić information content (AvgIpc) is 2.26. The Balaban J connectivity index is 3.37. The third kappa shape index (κ3) is 4.20. The van der Waals surface area contributed by atoms with Gasteiger partial charge in [0.25, 0.3) is 0 Å². The Labute approximate surface area is 114 Å². The monoisotopic (exact) mass is 280 g/mol. The van der Waals surface area contributed by atoms with Crippen LogP contribution in [0.1, 0.15) is 31.1 Å². The molecule has 0 spiro atoms. The van der Waals surface area contributed by atoms with Gasteiger partial charge in [-0.05, 0) is 0 Å². The van der Waals surface area contributed by atoms with Gasteiger partial charge in [0.1, 0.15) is 22.8 Å². The second-order valence-corrected chi connectivity index (χ2v) is 3.73. The van der Waals surface area contributed by atoms with Crippen LogP contribution < -0.4 is 14.2 Å². The van der Waals surface area contributed by atoms with Gasteiger partial charge in [-0.3, -0.25) is 19.2 Å². The van der Waals surface area contributed by atoms with Crippen molar-refractivity contribution in [2.75, 3.05) is 0 Å².